The molecule has 2 rings (SSSR count). The van der Waals surface area contributed by atoms with E-state index in [0.29, 0.717) is 12.3 Å². The first-order valence-corrected chi connectivity index (χ1v) is 8.73. The fourth-order valence-electron chi connectivity index (χ4n) is 2.41. The second-order valence-electron chi connectivity index (χ2n) is 6.30. The lowest BCUT2D eigenvalue weighted by atomic mass is 10.2. The summed E-state index contributed by atoms with van der Waals surface area (Å²) in [5, 5.41) is 10.6. The van der Waals surface area contributed by atoms with Crippen LogP contribution >= 0.6 is 0 Å². The molecule has 0 aliphatic rings. The smallest absolute Gasteiger partial charge is 0.344 e. The van der Waals surface area contributed by atoms with E-state index in [0.717, 1.165) is 5.56 Å². The van der Waals surface area contributed by atoms with Gasteiger partial charge >= 0.3 is 5.97 Å². The van der Waals surface area contributed by atoms with Gasteiger partial charge in [0.05, 0.1) is 4.92 Å². The maximum absolute atomic E-state index is 12.4. The number of hydrogen-bond acceptors (Lipinski definition) is 6. The molecule has 0 saturated heterocycles. The zero-order valence-corrected chi connectivity index (χ0v) is 15.7. The van der Waals surface area contributed by atoms with Gasteiger partial charge < -0.3 is 14.4 Å². The van der Waals surface area contributed by atoms with Crippen molar-refractivity contribution >= 4 is 17.6 Å². The summed E-state index contributed by atoms with van der Waals surface area (Å²) in [7, 11) is 0. The molecule has 0 saturated carbocycles. The van der Waals surface area contributed by atoms with Crippen molar-refractivity contribution in [2.24, 2.45) is 0 Å². The Morgan fingerprint density at radius 3 is 2.25 bits per heavy atom. The summed E-state index contributed by atoms with van der Waals surface area (Å²) in [5.41, 5.74) is 0.907. The van der Waals surface area contributed by atoms with Gasteiger partial charge in [-0.3, -0.25) is 14.9 Å². The molecule has 8 heteroatoms. The Bertz CT molecular complexity index is 805. The molecular weight excluding hydrogens is 364 g/mol. The van der Waals surface area contributed by atoms with Gasteiger partial charge in [0.15, 0.2) is 13.2 Å². The molecular formula is C20H22N2O6. The average molecular weight is 386 g/mol. The summed E-state index contributed by atoms with van der Waals surface area (Å²) in [6.07, 6.45) is 0. The van der Waals surface area contributed by atoms with Gasteiger partial charge in [-0.05, 0) is 31.5 Å². The van der Waals surface area contributed by atoms with Gasteiger partial charge in [-0.1, -0.05) is 30.3 Å². The van der Waals surface area contributed by atoms with Gasteiger partial charge in [-0.2, -0.15) is 0 Å². The summed E-state index contributed by atoms with van der Waals surface area (Å²) in [4.78, 5) is 35.9. The molecule has 0 aliphatic heterocycles. The molecule has 0 atom stereocenters. The highest BCUT2D eigenvalue weighted by Gasteiger charge is 2.19. The third-order valence-corrected chi connectivity index (χ3v) is 3.90. The van der Waals surface area contributed by atoms with E-state index in [2.05, 4.69) is 0 Å². The van der Waals surface area contributed by atoms with Gasteiger partial charge in [0.1, 0.15) is 5.75 Å². The fraction of sp³-hybridized carbons (Fsp3) is 0.300. The van der Waals surface area contributed by atoms with Crippen LogP contribution in [-0.4, -0.2) is 41.0 Å². The zero-order valence-electron chi connectivity index (χ0n) is 15.7. The number of non-ortho nitro benzene ring substituents is 1. The fourth-order valence-corrected chi connectivity index (χ4v) is 2.41. The predicted molar refractivity (Wildman–Crippen MR) is 102 cm³/mol. The summed E-state index contributed by atoms with van der Waals surface area (Å²) < 4.78 is 10.2. The molecule has 0 fully saturated rings. The molecule has 0 radical (unpaired) electrons. The Balaban J connectivity index is 1.81. The first-order valence-electron chi connectivity index (χ1n) is 8.73. The van der Waals surface area contributed by atoms with E-state index < -0.39 is 17.5 Å². The minimum absolute atomic E-state index is 0.0530. The van der Waals surface area contributed by atoms with E-state index in [1.165, 1.54) is 24.3 Å². The molecule has 2 aromatic rings. The number of nitro groups is 1. The highest BCUT2D eigenvalue weighted by atomic mass is 16.6. The Hall–Kier alpha value is -3.42. The van der Waals surface area contributed by atoms with Gasteiger partial charge in [0, 0.05) is 24.7 Å². The molecule has 28 heavy (non-hydrogen) atoms. The van der Waals surface area contributed by atoms with Crippen molar-refractivity contribution < 1.29 is 24.0 Å². The molecule has 0 spiro atoms. The Kier molecular flexibility index (Phi) is 7.50. The molecule has 1 amide bonds. The Morgan fingerprint density at radius 1 is 1.04 bits per heavy atom. The largest absolute Gasteiger partial charge is 0.482 e. The van der Waals surface area contributed by atoms with Crippen LogP contribution in [0.3, 0.4) is 0 Å². The first kappa shape index (κ1) is 20.9. The lowest BCUT2D eigenvalue weighted by Gasteiger charge is -2.26. The van der Waals surface area contributed by atoms with Crippen molar-refractivity contribution in [1.82, 2.24) is 4.90 Å². The van der Waals surface area contributed by atoms with Crippen LogP contribution in [0, 0.1) is 10.1 Å². The highest BCUT2D eigenvalue weighted by molar-refractivity contribution is 5.81. The van der Waals surface area contributed by atoms with Crippen LogP contribution < -0.4 is 4.74 Å². The number of carbonyl (C=O) groups excluding carboxylic acids is 2. The maximum Gasteiger partial charge on any atom is 0.344 e. The maximum atomic E-state index is 12.4. The van der Waals surface area contributed by atoms with Crippen LogP contribution in [0.1, 0.15) is 19.4 Å². The quantitative estimate of drug-likeness (QED) is 0.373. The number of nitrogens with zero attached hydrogens (tertiary/aromatic N) is 2. The summed E-state index contributed by atoms with van der Waals surface area (Å²) in [5.74, 6) is -0.709. The minimum atomic E-state index is -0.699. The monoisotopic (exact) mass is 386 g/mol. The molecule has 0 N–H and O–H groups in total. The predicted octanol–water partition coefficient (Wildman–Crippen LogP) is 2.95. The molecule has 8 nitrogen and oxygen atoms in total. The lowest BCUT2D eigenvalue weighted by Crippen LogP contribution is -2.39. The third-order valence-electron chi connectivity index (χ3n) is 3.90. The molecule has 0 unspecified atom stereocenters. The van der Waals surface area contributed by atoms with Crippen molar-refractivity contribution in [3.8, 4) is 5.75 Å². The molecule has 0 heterocycles. The molecule has 148 valence electrons. The lowest BCUT2D eigenvalue weighted by molar-refractivity contribution is -0.384. The van der Waals surface area contributed by atoms with Crippen LogP contribution in [0.2, 0.25) is 0 Å². The second-order valence-corrected chi connectivity index (χ2v) is 6.30. The second kappa shape index (κ2) is 10.1. The van der Waals surface area contributed by atoms with Crippen LogP contribution in [0.15, 0.2) is 54.6 Å². The van der Waals surface area contributed by atoms with Crippen molar-refractivity contribution in [1.29, 1.82) is 0 Å². The normalized spacial score (nSPS) is 10.4. The zero-order chi connectivity index (χ0) is 20.5. The number of hydrogen-bond donors (Lipinski definition) is 0. The molecule has 0 aromatic heterocycles. The van der Waals surface area contributed by atoms with Crippen LogP contribution in [0.4, 0.5) is 5.69 Å². The van der Waals surface area contributed by atoms with Crippen LogP contribution in [0.5, 0.6) is 5.75 Å². The number of benzene rings is 2. The van der Waals surface area contributed by atoms with E-state index >= 15 is 0 Å². The van der Waals surface area contributed by atoms with Gasteiger partial charge in [0.2, 0.25) is 0 Å². The van der Waals surface area contributed by atoms with Crippen molar-refractivity contribution in [2.45, 2.75) is 26.4 Å². The van der Waals surface area contributed by atoms with Gasteiger partial charge in [0.25, 0.3) is 11.6 Å². The first-order chi connectivity index (χ1) is 13.4. The van der Waals surface area contributed by atoms with Crippen LogP contribution in [-0.2, 0) is 20.9 Å². The number of amides is 1. The SMILES string of the molecule is CC(C)N(Cc1ccccc1)C(=O)COC(=O)COc1ccc([N+](=O)[O-])cc1. The number of carbonyl (C=O) groups is 2. The number of ether oxygens (including phenoxy) is 2. The standard InChI is InChI=1S/C20H22N2O6/c1-15(2)21(12-16-6-4-3-5-7-16)19(23)13-28-20(24)14-27-18-10-8-17(9-11-18)22(25)26/h3-11,15H,12-14H2,1-2H3. The van der Waals surface area contributed by atoms with Gasteiger partial charge in [-0.25, -0.2) is 4.79 Å². The average Bonchev–Trinajstić information content (AvgIpc) is 2.69. The molecule has 0 aliphatic carbocycles. The molecule has 2 aromatic carbocycles. The summed E-state index contributed by atoms with van der Waals surface area (Å²) in [6, 6.07) is 14.8. The minimum Gasteiger partial charge on any atom is -0.482 e. The highest BCUT2D eigenvalue weighted by Crippen LogP contribution is 2.17. The Morgan fingerprint density at radius 2 is 1.68 bits per heavy atom. The van der Waals surface area contributed by atoms with Crippen molar-refractivity contribution in [3.63, 3.8) is 0 Å². The number of nitro benzene ring substituents is 1. The van der Waals surface area contributed by atoms with E-state index in [-0.39, 0.29) is 24.2 Å². The van der Waals surface area contributed by atoms with E-state index in [1.54, 1.807) is 4.90 Å². The molecule has 0 bridgehead atoms. The van der Waals surface area contributed by atoms with Crippen molar-refractivity contribution in [2.75, 3.05) is 13.2 Å². The Labute approximate surface area is 162 Å². The van der Waals surface area contributed by atoms with Crippen molar-refractivity contribution in [3.05, 3.63) is 70.3 Å². The van der Waals surface area contributed by atoms with Crippen LogP contribution in [0.25, 0.3) is 0 Å². The topological polar surface area (TPSA) is 99.0 Å². The number of esters is 1. The van der Waals surface area contributed by atoms with E-state index in [1.807, 2.05) is 44.2 Å². The number of rotatable bonds is 9. The van der Waals surface area contributed by atoms with Gasteiger partial charge in [-0.15, -0.1) is 0 Å². The van der Waals surface area contributed by atoms with E-state index in [9.17, 15) is 19.7 Å². The summed E-state index contributed by atoms with van der Waals surface area (Å²) in [6.45, 7) is 3.42. The van der Waals surface area contributed by atoms with E-state index in [4.69, 9.17) is 9.47 Å². The third kappa shape index (κ3) is 6.39. The summed E-state index contributed by atoms with van der Waals surface area (Å²) >= 11 is 0.